The molecule has 1 unspecified atom stereocenters. The highest BCUT2D eigenvalue weighted by Gasteiger charge is 2.34. The van der Waals surface area contributed by atoms with Gasteiger partial charge in [0.1, 0.15) is 0 Å². The molecule has 0 bridgehead atoms. The number of nitrogens with one attached hydrogen (secondary N) is 1. The minimum absolute atomic E-state index is 0.0361. The maximum atomic E-state index is 11.6. The molecule has 1 aliphatic rings. The number of nitrogens with zero attached hydrogens (tertiary/aromatic N) is 1. The normalized spacial score (nSPS) is 17.2. The minimum atomic E-state index is -0.408. The van der Waals surface area contributed by atoms with Crippen LogP contribution in [0.25, 0.3) is 0 Å². The van der Waals surface area contributed by atoms with Crippen molar-refractivity contribution in [1.29, 1.82) is 0 Å². The molecule has 6 heteroatoms. The molecule has 1 atom stereocenters. The van der Waals surface area contributed by atoms with E-state index in [1.165, 1.54) is 0 Å². The van der Waals surface area contributed by atoms with E-state index in [9.17, 15) is 9.59 Å². The molecule has 1 aromatic rings. The monoisotopic (exact) mass is 272 g/mol. The van der Waals surface area contributed by atoms with Gasteiger partial charge in [-0.15, -0.1) is 0 Å². The lowest BCUT2D eigenvalue weighted by atomic mass is 10.1. The summed E-state index contributed by atoms with van der Waals surface area (Å²) in [5.41, 5.74) is 0.696. The van der Waals surface area contributed by atoms with E-state index in [0.29, 0.717) is 15.6 Å². The molecule has 2 rings (SSSR count). The molecule has 1 heterocycles. The summed E-state index contributed by atoms with van der Waals surface area (Å²) in [6.07, 6.45) is 0. The van der Waals surface area contributed by atoms with Crippen LogP contribution in [0.1, 0.15) is 18.5 Å². The fourth-order valence-electron chi connectivity index (χ4n) is 1.81. The van der Waals surface area contributed by atoms with Crippen molar-refractivity contribution in [2.24, 2.45) is 0 Å². The van der Waals surface area contributed by atoms with Crippen molar-refractivity contribution in [2.75, 3.05) is 6.54 Å². The average molecular weight is 273 g/mol. The van der Waals surface area contributed by atoms with Crippen molar-refractivity contribution in [3.8, 4) is 0 Å². The molecule has 0 spiro atoms. The van der Waals surface area contributed by atoms with Gasteiger partial charge in [0.05, 0.1) is 12.6 Å². The van der Waals surface area contributed by atoms with Crippen LogP contribution >= 0.6 is 23.2 Å². The zero-order valence-corrected chi connectivity index (χ0v) is 10.5. The number of carbonyl (C=O) groups excluding carboxylic acids is 2. The first-order valence-corrected chi connectivity index (χ1v) is 5.81. The van der Waals surface area contributed by atoms with Crippen molar-refractivity contribution in [3.63, 3.8) is 0 Å². The summed E-state index contributed by atoms with van der Waals surface area (Å²) in [5.74, 6) is -0.256. The topological polar surface area (TPSA) is 49.4 Å². The second-order valence-electron chi connectivity index (χ2n) is 3.76. The minimum Gasteiger partial charge on any atom is -0.329 e. The largest absolute Gasteiger partial charge is 0.329 e. The van der Waals surface area contributed by atoms with Gasteiger partial charge in [0.2, 0.25) is 0 Å². The molecule has 0 radical (unpaired) electrons. The Balaban J connectivity index is 2.33. The van der Waals surface area contributed by atoms with Gasteiger partial charge >= 0.3 is 6.03 Å². The maximum Gasteiger partial charge on any atom is 0.325 e. The van der Waals surface area contributed by atoms with E-state index >= 15 is 0 Å². The van der Waals surface area contributed by atoms with Crippen molar-refractivity contribution in [2.45, 2.75) is 13.0 Å². The summed E-state index contributed by atoms with van der Waals surface area (Å²) in [4.78, 5) is 24.2. The molecule has 1 aromatic carbocycles. The Morgan fingerprint density at radius 1 is 1.35 bits per heavy atom. The van der Waals surface area contributed by atoms with Gasteiger partial charge in [-0.05, 0) is 24.6 Å². The Labute approximate surface area is 108 Å². The first-order valence-electron chi connectivity index (χ1n) is 5.05. The number of hydrogen-bond donors (Lipinski definition) is 1. The second-order valence-corrected chi connectivity index (χ2v) is 4.61. The first kappa shape index (κ1) is 12.2. The molecule has 0 aromatic heterocycles. The van der Waals surface area contributed by atoms with Crippen molar-refractivity contribution < 1.29 is 9.59 Å². The highest BCUT2D eigenvalue weighted by atomic mass is 35.5. The Morgan fingerprint density at radius 3 is 2.59 bits per heavy atom. The van der Waals surface area contributed by atoms with Gasteiger partial charge in [-0.3, -0.25) is 9.69 Å². The molecule has 4 nitrogen and oxygen atoms in total. The summed E-state index contributed by atoms with van der Waals surface area (Å²) < 4.78 is 0. The van der Waals surface area contributed by atoms with Gasteiger partial charge in [-0.25, -0.2) is 4.79 Å². The molecule has 1 fully saturated rings. The third kappa shape index (κ3) is 2.23. The Kier molecular flexibility index (Phi) is 3.26. The predicted octanol–water partition coefficient (Wildman–Crippen LogP) is 2.61. The van der Waals surface area contributed by atoms with E-state index < -0.39 is 12.1 Å². The van der Waals surface area contributed by atoms with E-state index in [4.69, 9.17) is 23.2 Å². The van der Waals surface area contributed by atoms with Gasteiger partial charge in [-0.1, -0.05) is 29.3 Å². The summed E-state index contributed by atoms with van der Waals surface area (Å²) in [6, 6.07) is 4.18. The van der Waals surface area contributed by atoms with E-state index in [2.05, 4.69) is 5.32 Å². The third-order valence-electron chi connectivity index (χ3n) is 2.68. The summed E-state index contributed by atoms with van der Waals surface area (Å²) in [5, 5.41) is 3.43. The molecule has 1 aliphatic heterocycles. The highest BCUT2D eigenvalue weighted by Crippen LogP contribution is 2.30. The SMILES string of the molecule is CC(c1ccc(Cl)cc1Cl)N1C(=O)CNC1=O. The quantitative estimate of drug-likeness (QED) is 0.842. The number of amides is 3. The number of rotatable bonds is 2. The van der Waals surface area contributed by atoms with Crippen LogP contribution in [-0.2, 0) is 4.79 Å². The summed E-state index contributed by atoms with van der Waals surface area (Å²) in [6.45, 7) is 1.78. The lowest BCUT2D eigenvalue weighted by Gasteiger charge is -2.22. The van der Waals surface area contributed by atoms with Crippen molar-refractivity contribution in [1.82, 2.24) is 10.2 Å². The van der Waals surface area contributed by atoms with Gasteiger partial charge in [-0.2, -0.15) is 0 Å². The molecule has 0 aliphatic carbocycles. The lowest BCUT2D eigenvalue weighted by Crippen LogP contribution is -2.33. The molecular formula is C11H10Cl2N2O2. The summed E-state index contributed by atoms with van der Waals surface area (Å²) >= 11 is 11.8. The number of halogens is 2. The maximum absolute atomic E-state index is 11.6. The van der Waals surface area contributed by atoms with Crippen LogP contribution in [-0.4, -0.2) is 23.4 Å². The first-order chi connectivity index (χ1) is 8.00. The lowest BCUT2D eigenvalue weighted by molar-refractivity contribution is -0.126. The average Bonchev–Trinajstić information content (AvgIpc) is 2.58. The molecule has 3 amide bonds. The van der Waals surface area contributed by atoms with Crippen LogP contribution in [0, 0.1) is 0 Å². The zero-order valence-electron chi connectivity index (χ0n) is 9.04. The van der Waals surface area contributed by atoms with Gasteiger partial charge in [0.15, 0.2) is 0 Å². The molecular weight excluding hydrogens is 263 g/mol. The highest BCUT2D eigenvalue weighted by molar-refractivity contribution is 6.35. The number of benzene rings is 1. The Morgan fingerprint density at radius 2 is 2.06 bits per heavy atom. The molecule has 17 heavy (non-hydrogen) atoms. The Bertz CT molecular complexity index is 474. The van der Waals surface area contributed by atoms with E-state index in [0.717, 1.165) is 4.90 Å². The number of carbonyl (C=O) groups is 2. The van der Waals surface area contributed by atoms with Crippen LogP contribution in [0.5, 0.6) is 0 Å². The second kappa shape index (κ2) is 4.55. The number of imide groups is 1. The molecule has 0 saturated carbocycles. The Hall–Kier alpha value is -1.26. The van der Waals surface area contributed by atoms with Crippen LogP contribution in [0.3, 0.4) is 0 Å². The summed E-state index contributed by atoms with van der Waals surface area (Å²) in [7, 11) is 0. The van der Waals surface area contributed by atoms with E-state index in [-0.39, 0.29) is 12.5 Å². The standard InChI is InChI=1S/C11H10Cl2N2O2/c1-6(15-10(16)5-14-11(15)17)8-3-2-7(12)4-9(8)13/h2-4,6H,5H2,1H3,(H,14,17). The van der Waals surface area contributed by atoms with Crippen molar-refractivity contribution >= 4 is 35.1 Å². The van der Waals surface area contributed by atoms with Gasteiger partial charge in [0, 0.05) is 10.0 Å². The fraction of sp³-hybridized carbons (Fsp3) is 0.273. The van der Waals surface area contributed by atoms with E-state index in [1.54, 1.807) is 25.1 Å². The molecule has 90 valence electrons. The molecule has 1 saturated heterocycles. The molecule has 1 N–H and O–H groups in total. The van der Waals surface area contributed by atoms with Crippen LogP contribution in [0.15, 0.2) is 18.2 Å². The number of urea groups is 1. The van der Waals surface area contributed by atoms with Crippen LogP contribution in [0.4, 0.5) is 4.79 Å². The fourth-order valence-corrected chi connectivity index (χ4v) is 2.37. The predicted molar refractivity (Wildman–Crippen MR) is 65.1 cm³/mol. The number of hydrogen-bond acceptors (Lipinski definition) is 2. The smallest absolute Gasteiger partial charge is 0.325 e. The van der Waals surface area contributed by atoms with Gasteiger partial charge in [0.25, 0.3) is 5.91 Å². The third-order valence-corrected chi connectivity index (χ3v) is 3.24. The van der Waals surface area contributed by atoms with Crippen LogP contribution < -0.4 is 5.32 Å². The van der Waals surface area contributed by atoms with Crippen LogP contribution in [0.2, 0.25) is 10.0 Å². The van der Waals surface area contributed by atoms with E-state index in [1.807, 2.05) is 0 Å². The van der Waals surface area contributed by atoms with Gasteiger partial charge < -0.3 is 5.32 Å². The zero-order chi connectivity index (χ0) is 12.6. The van der Waals surface area contributed by atoms with Crippen molar-refractivity contribution in [3.05, 3.63) is 33.8 Å².